The van der Waals surface area contributed by atoms with Crippen molar-refractivity contribution in [1.82, 2.24) is 10.2 Å². The van der Waals surface area contributed by atoms with E-state index < -0.39 is 28.5 Å². The molecule has 8 heteroatoms. The first-order valence-electron chi connectivity index (χ1n) is 13.2. The average molecular weight is 550 g/mol. The fourth-order valence-electron chi connectivity index (χ4n) is 4.49. The molecule has 0 saturated heterocycles. The molecule has 0 aliphatic carbocycles. The van der Waals surface area contributed by atoms with Gasteiger partial charge in [-0.05, 0) is 81.5 Å². The monoisotopic (exact) mass is 549 g/mol. The Bertz CT molecular complexity index is 1400. The standard InChI is InChI=1S/C31H39N3O4S/c1-7-28(31(36)32-22(2)3)33(20-26-14-12-11-13-24(26)5)30(35)21-34(29-19-23(4)17-18-25(29)6)39(37,38)27-15-9-8-10-16-27/h8-19,22,28H,7,20-21H2,1-6H3,(H,32,36)/t28-/m0/s1. The maximum absolute atomic E-state index is 14.1. The predicted molar refractivity (Wildman–Crippen MR) is 156 cm³/mol. The van der Waals surface area contributed by atoms with Crippen LogP contribution in [0.4, 0.5) is 5.69 Å². The van der Waals surface area contributed by atoms with E-state index in [4.69, 9.17) is 0 Å². The molecule has 1 N–H and O–H groups in total. The van der Waals surface area contributed by atoms with Gasteiger partial charge in [-0.15, -0.1) is 0 Å². The largest absolute Gasteiger partial charge is 0.352 e. The van der Waals surface area contributed by atoms with Crippen molar-refractivity contribution in [1.29, 1.82) is 0 Å². The number of aryl methyl sites for hydroxylation is 3. The number of hydrogen-bond donors (Lipinski definition) is 1. The molecule has 2 amide bonds. The van der Waals surface area contributed by atoms with E-state index in [1.807, 2.05) is 77.9 Å². The van der Waals surface area contributed by atoms with E-state index in [0.29, 0.717) is 12.1 Å². The highest BCUT2D eigenvalue weighted by Gasteiger charge is 2.34. The van der Waals surface area contributed by atoms with Crippen molar-refractivity contribution in [3.8, 4) is 0 Å². The number of amides is 2. The van der Waals surface area contributed by atoms with E-state index in [1.165, 1.54) is 21.3 Å². The smallest absolute Gasteiger partial charge is 0.264 e. The zero-order valence-corrected chi connectivity index (χ0v) is 24.5. The minimum absolute atomic E-state index is 0.0914. The van der Waals surface area contributed by atoms with Crippen molar-refractivity contribution in [3.05, 3.63) is 95.1 Å². The topological polar surface area (TPSA) is 86.8 Å². The molecule has 1 atom stereocenters. The molecule has 3 rings (SSSR count). The molecule has 0 bridgehead atoms. The summed E-state index contributed by atoms with van der Waals surface area (Å²) in [6, 6.07) is 20.4. The first kappa shape index (κ1) is 29.9. The van der Waals surface area contributed by atoms with E-state index in [1.54, 1.807) is 24.3 Å². The van der Waals surface area contributed by atoms with Gasteiger partial charge in [0, 0.05) is 12.6 Å². The van der Waals surface area contributed by atoms with Gasteiger partial charge in [0.2, 0.25) is 11.8 Å². The maximum Gasteiger partial charge on any atom is 0.264 e. The number of sulfonamides is 1. The Balaban J connectivity index is 2.11. The Kier molecular flexibility index (Phi) is 9.92. The Morgan fingerprint density at radius 3 is 2.13 bits per heavy atom. The molecule has 3 aromatic carbocycles. The quantitative estimate of drug-likeness (QED) is 0.359. The summed E-state index contributed by atoms with van der Waals surface area (Å²) in [5, 5.41) is 2.92. The van der Waals surface area contributed by atoms with Gasteiger partial charge in [-0.1, -0.05) is 61.5 Å². The van der Waals surface area contributed by atoms with Gasteiger partial charge < -0.3 is 10.2 Å². The molecule has 0 spiro atoms. The Labute approximate surface area is 232 Å². The minimum Gasteiger partial charge on any atom is -0.352 e. The van der Waals surface area contributed by atoms with Crippen molar-refractivity contribution < 1.29 is 18.0 Å². The van der Waals surface area contributed by atoms with Crippen LogP contribution in [0, 0.1) is 20.8 Å². The van der Waals surface area contributed by atoms with Crippen LogP contribution in [0.15, 0.2) is 77.7 Å². The molecule has 0 heterocycles. The third-order valence-electron chi connectivity index (χ3n) is 6.66. The summed E-state index contributed by atoms with van der Waals surface area (Å²) in [6.45, 7) is 11.0. The summed E-state index contributed by atoms with van der Waals surface area (Å²) in [5.41, 5.74) is 3.91. The number of benzene rings is 3. The van der Waals surface area contributed by atoms with Crippen LogP contribution in [-0.2, 0) is 26.2 Å². The molecular weight excluding hydrogens is 510 g/mol. The van der Waals surface area contributed by atoms with Gasteiger partial charge in [0.1, 0.15) is 12.6 Å². The average Bonchev–Trinajstić information content (AvgIpc) is 2.89. The van der Waals surface area contributed by atoms with Crippen molar-refractivity contribution in [3.63, 3.8) is 0 Å². The lowest BCUT2D eigenvalue weighted by molar-refractivity contribution is -0.140. The summed E-state index contributed by atoms with van der Waals surface area (Å²) in [5.74, 6) is -0.719. The SMILES string of the molecule is CC[C@@H](C(=O)NC(C)C)N(Cc1ccccc1C)C(=O)CN(c1cc(C)ccc1C)S(=O)(=O)c1ccccc1. The molecule has 39 heavy (non-hydrogen) atoms. The second-order valence-corrected chi connectivity index (χ2v) is 12.0. The number of nitrogens with one attached hydrogen (secondary N) is 1. The molecule has 0 saturated carbocycles. The first-order valence-corrected chi connectivity index (χ1v) is 14.7. The zero-order chi connectivity index (χ0) is 28.7. The van der Waals surface area contributed by atoms with Crippen molar-refractivity contribution in [2.75, 3.05) is 10.8 Å². The lowest BCUT2D eigenvalue weighted by Gasteiger charge is -2.34. The Morgan fingerprint density at radius 2 is 1.51 bits per heavy atom. The second kappa shape index (κ2) is 12.9. The Morgan fingerprint density at radius 1 is 0.872 bits per heavy atom. The number of rotatable bonds is 11. The van der Waals surface area contributed by atoms with E-state index in [-0.39, 0.29) is 23.4 Å². The van der Waals surface area contributed by atoms with Gasteiger partial charge in [0.05, 0.1) is 10.6 Å². The molecule has 208 valence electrons. The highest BCUT2D eigenvalue weighted by atomic mass is 32.2. The first-order chi connectivity index (χ1) is 18.4. The molecule has 0 aromatic heterocycles. The number of nitrogens with zero attached hydrogens (tertiary/aromatic N) is 2. The van der Waals surface area contributed by atoms with Crippen LogP contribution in [0.3, 0.4) is 0 Å². The summed E-state index contributed by atoms with van der Waals surface area (Å²) < 4.78 is 29.1. The molecule has 0 aliphatic heterocycles. The fraction of sp³-hybridized carbons (Fsp3) is 0.355. The van der Waals surface area contributed by atoms with Gasteiger partial charge in [0.25, 0.3) is 10.0 Å². The van der Waals surface area contributed by atoms with Crippen molar-refractivity contribution >= 4 is 27.5 Å². The van der Waals surface area contributed by atoms with Crippen LogP contribution in [0.25, 0.3) is 0 Å². The van der Waals surface area contributed by atoms with Crippen LogP contribution in [-0.4, -0.2) is 43.8 Å². The second-order valence-electron chi connectivity index (χ2n) is 10.2. The van der Waals surface area contributed by atoms with E-state index in [2.05, 4.69) is 5.32 Å². The van der Waals surface area contributed by atoms with Crippen LogP contribution < -0.4 is 9.62 Å². The summed E-state index contributed by atoms with van der Waals surface area (Å²) in [4.78, 5) is 29.0. The summed E-state index contributed by atoms with van der Waals surface area (Å²) in [6.07, 6.45) is 0.380. The number of carbonyl (C=O) groups excluding carboxylic acids is 2. The lowest BCUT2D eigenvalue weighted by Crippen LogP contribution is -2.53. The molecule has 0 unspecified atom stereocenters. The lowest BCUT2D eigenvalue weighted by atomic mass is 10.1. The van der Waals surface area contributed by atoms with Gasteiger partial charge in [-0.2, -0.15) is 0 Å². The molecule has 7 nitrogen and oxygen atoms in total. The Hall–Kier alpha value is -3.65. The van der Waals surface area contributed by atoms with E-state index >= 15 is 0 Å². The molecule has 0 aliphatic rings. The third kappa shape index (κ3) is 7.26. The van der Waals surface area contributed by atoms with Crippen molar-refractivity contribution in [2.45, 2.75) is 71.5 Å². The highest BCUT2D eigenvalue weighted by Crippen LogP contribution is 2.28. The predicted octanol–water partition coefficient (Wildman–Crippen LogP) is 5.14. The number of anilines is 1. The number of carbonyl (C=O) groups is 2. The summed E-state index contributed by atoms with van der Waals surface area (Å²) in [7, 11) is -4.09. The highest BCUT2D eigenvalue weighted by molar-refractivity contribution is 7.92. The van der Waals surface area contributed by atoms with Gasteiger partial charge in [-0.25, -0.2) is 8.42 Å². The van der Waals surface area contributed by atoms with Crippen LogP contribution in [0.1, 0.15) is 49.4 Å². The van der Waals surface area contributed by atoms with Gasteiger partial charge in [-0.3, -0.25) is 13.9 Å². The molecule has 3 aromatic rings. The van der Waals surface area contributed by atoms with Gasteiger partial charge >= 0.3 is 0 Å². The normalized spacial score (nSPS) is 12.2. The molecular formula is C31H39N3O4S. The van der Waals surface area contributed by atoms with Crippen LogP contribution in [0.2, 0.25) is 0 Å². The minimum atomic E-state index is -4.09. The van der Waals surface area contributed by atoms with Crippen LogP contribution in [0.5, 0.6) is 0 Å². The van der Waals surface area contributed by atoms with Crippen LogP contribution >= 0.6 is 0 Å². The van der Waals surface area contributed by atoms with E-state index in [0.717, 1.165) is 22.3 Å². The fourth-order valence-corrected chi connectivity index (χ4v) is 5.98. The zero-order valence-electron chi connectivity index (χ0n) is 23.6. The number of hydrogen-bond acceptors (Lipinski definition) is 4. The van der Waals surface area contributed by atoms with Gasteiger partial charge in [0.15, 0.2) is 0 Å². The maximum atomic E-state index is 14.1. The van der Waals surface area contributed by atoms with Crippen molar-refractivity contribution in [2.24, 2.45) is 0 Å². The van der Waals surface area contributed by atoms with E-state index in [9.17, 15) is 18.0 Å². The summed E-state index contributed by atoms with van der Waals surface area (Å²) >= 11 is 0. The molecule has 0 fully saturated rings. The third-order valence-corrected chi connectivity index (χ3v) is 8.44. The molecule has 0 radical (unpaired) electrons.